The van der Waals surface area contributed by atoms with Gasteiger partial charge in [-0.15, -0.1) is 0 Å². The van der Waals surface area contributed by atoms with Crippen molar-refractivity contribution in [1.29, 1.82) is 0 Å². The molecule has 0 aliphatic rings. The van der Waals surface area contributed by atoms with Crippen LogP contribution in [-0.4, -0.2) is 5.96 Å². The summed E-state index contributed by atoms with van der Waals surface area (Å²) in [5.74, 6) is -0.428. The number of benzene rings is 1. The fourth-order valence-electron chi connectivity index (χ4n) is 0.695. The maximum Gasteiger partial charge on any atom is 0.191 e. The summed E-state index contributed by atoms with van der Waals surface area (Å²) in [6, 6.07) is 5.73. The Labute approximate surface area is 63.5 Å². The second kappa shape index (κ2) is 3.01. The first-order valence-electron chi connectivity index (χ1n) is 3.03. The maximum absolute atomic E-state index is 12.5. The molecule has 0 radical (unpaired) electrons. The van der Waals surface area contributed by atoms with Gasteiger partial charge in [0, 0.05) is 0 Å². The van der Waals surface area contributed by atoms with E-state index in [1.54, 1.807) is 6.07 Å². The van der Waals surface area contributed by atoms with Gasteiger partial charge in [0.05, 0.1) is 5.69 Å². The molecule has 11 heavy (non-hydrogen) atoms. The molecule has 1 aromatic carbocycles. The van der Waals surface area contributed by atoms with E-state index in [2.05, 4.69) is 4.99 Å². The molecule has 0 atom stereocenters. The lowest BCUT2D eigenvalue weighted by Crippen LogP contribution is -2.21. The van der Waals surface area contributed by atoms with E-state index >= 15 is 0 Å². The summed E-state index contributed by atoms with van der Waals surface area (Å²) in [5, 5.41) is 0. The van der Waals surface area contributed by atoms with Gasteiger partial charge in [-0.05, 0) is 18.2 Å². The van der Waals surface area contributed by atoms with Crippen LogP contribution < -0.4 is 11.5 Å². The van der Waals surface area contributed by atoms with E-state index in [1.807, 2.05) is 0 Å². The Balaban J connectivity index is 2.97. The predicted molar refractivity (Wildman–Crippen MR) is 41.9 cm³/mol. The molecule has 0 aliphatic heterocycles. The zero-order valence-corrected chi connectivity index (χ0v) is 5.79. The summed E-state index contributed by atoms with van der Waals surface area (Å²) >= 11 is 0. The number of hydrogen-bond donors (Lipinski definition) is 2. The topological polar surface area (TPSA) is 64.4 Å². The molecule has 4 N–H and O–H groups in total. The van der Waals surface area contributed by atoms with E-state index in [0.717, 1.165) is 0 Å². The number of guanidine groups is 1. The normalized spacial score (nSPS) is 9.18. The minimum atomic E-state index is -0.354. The molecular weight excluding hydrogens is 145 g/mol. The summed E-state index contributed by atoms with van der Waals surface area (Å²) in [6.45, 7) is 0. The Kier molecular flexibility index (Phi) is 2.06. The van der Waals surface area contributed by atoms with Gasteiger partial charge in [-0.2, -0.15) is 0 Å². The van der Waals surface area contributed by atoms with Crippen molar-refractivity contribution in [3.05, 3.63) is 30.1 Å². The van der Waals surface area contributed by atoms with Crippen molar-refractivity contribution in [3.8, 4) is 0 Å². The lowest BCUT2D eigenvalue weighted by molar-refractivity contribution is 0.628. The molecule has 0 aromatic heterocycles. The molecule has 0 unspecified atom stereocenters. The van der Waals surface area contributed by atoms with E-state index in [-0.39, 0.29) is 11.8 Å². The molecule has 58 valence electrons. The van der Waals surface area contributed by atoms with E-state index in [1.165, 1.54) is 18.2 Å². The minimum absolute atomic E-state index is 0.0735. The molecule has 0 amide bonds. The van der Waals surface area contributed by atoms with Gasteiger partial charge in [0.2, 0.25) is 0 Å². The molecule has 0 aliphatic carbocycles. The van der Waals surface area contributed by atoms with Crippen LogP contribution in [0, 0.1) is 5.82 Å². The van der Waals surface area contributed by atoms with E-state index in [0.29, 0.717) is 5.69 Å². The standard InChI is InChI=1S/C7H8FN3/c8-5-2-1-3-6(4-5)11-7(9)10/h1-4H,(H4,9,10,11). The molecule has 0 heterocycles. The van der Waals surface area contributed by atoms with E-state index in [9.17, 15) is 4.39 Å². The average Bonchev–Trinajstić information content (AvgIpc) is 1.85. The van der Waals surface area contributed by atoms with Gasteiger partial charge in [-0.1, -0.05) is 6.07 Å². The number of rotatable bonds is 1. The lowest BCUT2D eigenvalue weighted by Gasteiger charge is -1.93. The van der Waals surface area contributed by atoms with E-state index in [4.69, 9.17) is 11.5 Å². The molecule has 3 nitrogen and oxygen atoms in total. The second-order valence-electron chi connectivity index (χ2n) is 2.02. The van der Waals surface area contributed by atoms with Crippen LogP contribution in [0.1, 0.15) is 0 Å². The number of hydrogen-bond acceptors (Lipinski definition) is 1. The molecule has 1 aromatic rings. The first-order chi connectivity index (χ1) is 5.18. The van der Waals surface area contributed by atoms with Crippen molar-refractivity contribution < 1.29 is 4.39 Å². The Morgan fingerprint density at radius 3 is 2.64 bits per heavy atom. The van der Waals surface area contributed by atoms with Gasteiger partial charge in [-0.3, -0.25) is 0 Å². The van der Waals surface area contributed by atoms with Gasteiger partial charge in [0.25, 0.3) is 0 Å². The zero-order valence-electron chi connectivity index (χ0n) is 5.79. The highest BCUT2D eigenvalue weighted by Crippen LogP contribution is 2.11. The van der Waals surface area contributed by atoms with Crippen molar-refractivity contribution in [2.75, 3.05) is 0 Å². The summed E-state index contributed by atoms with van der Waals surface area (Å²) in [5.41, 5.74) is 10.6. The zero-order chi connectivity index (χ0) is 8.27. The van der Waals surface area contributed by atoms with Crippen molar-refractivity contribution >= 4 is 11.6 Å². The van der Waals surface area contributed by atoms with Gasteiger partial charge >= 0.3 is 0 Å². The third-order valence-corrected chi connectivity index (χ3v) is 1.07. The molecular formula is C7H8FN3. The number of aliphatic imine (C=N–C) groups is 1. The Hall–Kier alpha value is -1.58. The third-order valence-electron chi connectivity index (χ3n) is 1.07. The Bertz CT molecular complexity index is 279. The van der Waals surface area contributed by atoms with Crippen LogP contribution in [0.25, 0.3) is 0 Å². The monoisotopic (exact) mass is 153 g/mol. The smallest absolute Gasteiger partial charge is 0.191 e. The Morgan fingerprint density at radius 1 is 1.36 bits per heavy atom. The van der Waals surface area contributed by atoms with Gasteiger partial charge in [0.15, 0.2) is 5.96 Å². The van der Waals surface area contributed by atoms with Crippen LogP contribution >= 0.6 is 0 Å². The van der Waals surface area contributed by atoms with E-state index < -0.39 is 0 Å². The first kappa shape index (κ1) is 7.53. The lowest BCUT2D eigenvalue weighted by atomic mass is 10.3. The van der Waals surface area contributed by atoms with Crippen molar-refractivity contribution in [2.24, 2.45) is 16.5 Å². The predicted octanol–water partition coefficient (Wildman–Crippen LogP) is 0.731. The molecule has 0 saturated carbocycles. The van der Waals surface area contributed by atoms with Gasteiger partial charge in [-0.25, -0.2) is 9.38 Å². The second-order valence-corrected chi connectivity index (χ2v) is 2.02. The SMILES string of the molecule is NC(N)=Nc1cccc(F)c1. The van der Waals surface area contributed by atoms with Crippen LogP contribution in [0.5, 0.6) is 0 Å². The Morgan fingerprint density at radius 2 is 2.09 bits per heavy atom. The average molecular weight is 153 g/mol. The van der Waals surface area contributed by atoms with Crippen molar-refractivity contribution in [3.63, 3.8) is 0 Å². The molecule has 4 heteroatoms. The van der Waals surface area contributed by atoms with Crippen molar-refractivity contribution in [1.82, 2.24) is 0 Å². The number of nitrogens with two attached hydrogens (primary N) is 2. The highest BCUT2D eigenvalue weighted by Gasteiger charge is 1.91. The third kappa shape index (κ3) is 2.25. The minimum Gasteiger partial charge on any atom is -0.370 e. The fourth-order valence-corrected chi connectivity index (χ4v) is 0.695. The molecule has 1 rings (SSSR count). The summed E-state index contributed by atoms with van der Waals surface area (Å²) in [7, 11) is 0. The molecule has 0 bridgehead atoms. The summed E-state index contributed by atoms with van der Waals surface area (Å²) < 4.78 is 12.5. The molecule has 0 fully saturated rings. The largest absolute Gasteiger partial charge is 0.370 e. The summed E-state index contributed by atoms with van der Waals surface area (Å²) in [6.07, 6.45) is 0. The quantitative estimate of drug-likeness (QED) is 0.461. The molecule has 0 saturated heterocycles. The summed E-state index contributed by atoms with van der Waals surface area (Å²) in [4.78, 5) is 3.65. The molecule has 0 spiro atoms. The van der Waals surface area contributed by atoms with Crippen molar-refractivity contribution in [2.45, 2.75) is 0 Å². The number of halogens is 1. The highest BCUT2D eigenvalue weighted by molar-refractivity contribution is 5.78. The number of nitrogens with zero attached hydrogens (tertiary/aromatic N) is 1. The fraction of sp³-hybridized carbons (Fsp3) is 0. The van der Waals surface area contributed by atoms with Crippen LogP contribution in [0.4, 0.5) is 10.1 Å². The van der Waals surface area contributed by atoms with Gasteiger partial charge < -0.3 is 11.5 Å². The van der Waals surface area contributed by atoms with Crippen LogP contribution in [0.3, 0.4) is 0 Å². The van der Waals surface area contributed by atoms with Crippen LogP contribution in [0.2, 0.25) is 0 Å². The van der Waals surface area contributed by atoms with Crippen LogP contribution in [-0.2, 0) is 0 Å². The van der Waals surface area contributed by atoms with Crippen LogP contribution in [0.15, 0.2) is 29.3 Å². The highest BCUT2D eigenvalue weighted by atomic mass is 19.1. The first-order valence-corrected chi connectivity index (χ1v) is 3.03. The maximum atomic E-state index is 12.5. The van der Waals surface area contributed by atoms with Gasteiger partial charge in [0.1, 0.15) is 5.82 Å².